The average molecular weight is 419 g/mol. The number of piperidine rings is 1. The summed E-state index contributed by atoms with van der Waals surface area (Å²) in [4.78, 5) is 14.9. The smallest absolute Gasteiger partial charge is 0.226 e. The van der Waals surface area contributed by atoms with Crippen molar-refractivity contribution in [2.45, 2.75) is 38.5 Å². The fourth-order valence-corrected chi connectivity index (χ4v) is 4.66. The predicted octanol–water partition coefficient (Wildman–Crippen LogP) is 3.44. The van der Waals surface area contributed by atoms with Gasteiger partial charge in [0.25, 0.3) is 0 Å². The molecule has 8 heteroatoms. The number of nitrogens with zero attached hydrogens (tertiary/aromatic N) is 5. The number of aromatic nitrogens is 4. The van der Waals surface area contributed by atoms with Crippen LogP contribution in [-0.4, -0.2) is 46.1 Å². The number of ether oxygens (including phenoxy) is 1. The second-order valence-corrected chi connectivity index (χ2v) is 8.10. The molecule has 0 saturated carbocycles. The standard InChI is InChI=1S/C23H26N6O2/c1-15-22-17(16-8-4-5-9-18(16)31-2)14-21(30)24-23(22)29(27-15)20-11-10-19(25-26-20)28-12-6-3-7-13-28/h4-5,8-11,17H,3,6-7,12-14H2,1-2H3,(H,24,30). The highest BCUT2D eigenvalue weighted by Crippen LogP contribution is 2.42. The second-order valence-electron chi connectivity index (χ2n) is 8.10. The Balaban J connectivity index is 1.53. The molecule has 4 heterocycles. The van der Waals surface area contributed by atoms with Gasteiger partial charge in [0.15, 0.2) is 11.6 Å². The number of hydrogen-bond donors (Lipinski definition) is 1. The van der Waals surface area contributed by atoms with Crippen LogP contribution in [0.2, 0.25) is 0 Å². The lowest BCUT2D eigenvalue weighted by atomic mass is 9.85. The van der Waals surface area contributed by atoms with Gasteiger partial charge in [-0.3, -0.25) is 4.79 Å². The van der Waals surface area contributed by atoms with Crippen LogP contribution >= 0.6 is 0 Å². The Morgan fingerprint density at radius 1 is 1.03 bits per heavy atom. The van der Waals surface area contributed by atoms with E-state index in [1.54, 1.807) is 11.8 Å². The third-order valence-corrected chi connectivity index (χ3v) is 6.15. The summed E-state index contributed by atoms with van der Waals surface area (Å²) < 4.78 is 7.26. The van der Waals surface area contributed by atoms with E-state index in [9.17, 15) is 4.79 Å². The van der Waals surface area contributed by atoms with Crippen molar-refractivity contribution in [2.75, 3.05) is 30.4 Å². The number of carbonyl (C=O) groups excluding carboxylic acids is 1. The van der Waals surface area contributed by atoms with Gasteiger partial charge in [0.1, 0.15) is 11.6 Å². The highest BCUT2D eigenvalue weighted by atomic mass is 16.5. The van der Waals surface area contributed by atoms with Gasteiger partial charge >= 0.3 is 0 Å². The topological polar surface area (TPSA) is 85.2 Å². The van der Waals surface area contributed by atoms with Crippen LogP contribution in [0.4, 0.5) is 11.6 Å². The molecule has 2 aliphatic rings. The molecule has 1 N–H and O–H groups in total. The zero-order valence-corrected chi connectivity index (χ0v) is 17.8. The number of hydrogen-bond acceptors (Lipinski definition) is 6. The first-order valence-corrected chi connectivity index (χ1v) is 10.8. The first-order chi connectivity index (χ1) is 15.2. The van der Waals surface area contributed by atoms with E-state index in [1.165, 1.54) is 19.3 Å². The zero-order chi connectivity index (χ0) is 21.4. The number of amides is 1. The minimum absolute atomic E-state index is 0.0533. The van der Waals surface area contributed by atoms with Gasteiger partial charge in [0.05, 0.1) is 12.8 Å². The maximum absolute atomic E-state index is 12.6. The molecule has 3 aromatic rings. The third kappa shape index (κ3) is 3.52. The van der Waals surface area contributed by atoms with Crippen molar-refractivity contribution < 1.29 is 9.53 Å². The highest BCUT2D eigenvalue weighted by Gasteiger charge is 2.34. The van der Waals surface area contributed by atoms with Crippen molar-refractivity contribution in [1.82, 2.24) is 20.0 Å². The molecule has 8 nitrogen and oxygen atoms in total. The van der Waals surface area contributed by atoms with Crippen molar-refractivity contribution in [2.24, 2.45) is 0 Å². The maximum Gasteiger partial charge on any atom is 0.226 e. The van der Waals surface area contributed by atoms with Crippen LogP contribution in [-0.2, 0) is 4.79 Å². The number of fused-ring (bicyclic) bond motifs is 1. The highest BCUT2D eigenvalue weighted by molar-refractivity contribution is 5.95. The van der Waals surface area contributed by atoms with E-state index in [0.717, 1.165) is 41.5 Å². The lowest BCUT2D eigenvalue weighted by Gasteiger charge is -2.27. The first-order valence-electron chi connectivity index (χ1n) is 10.8. The Morgan fingerprint density at radius 2 is 1.77 bits per heavy atom. The Kier molecular flexibility index (Phi) is 5.05. The summed E-state index contributed by atoms with van der Waals surface area (Å²) in [6.45, 7) is 3.99. The molecule has 1 unspecified atom stereocenters. The molecule has 1 amide bonds. The molecule has 31 heavy (non-hydrogen) atoms. The van der Waals surface area contributed by atoms with E-state index in [0.29, 0.717) is 18.1 Å². The number of benzene rings is 1. The van der Waals surface area contributed by atoms with Crippen molar-refractivity contribution >= 4 is 17.5 Å². The molecule has 0 aliphatic carbocycles. The van der Waals surface area contributed by atoms with Crippen LogP contribution in [0.5, 0.6) is 5.75 Å². The Hall–Kier alpha value is -3.42. The SMILES string of the molecule is COc1ccccc1C1CC(=O)Nc2c1c(C)nn2-c1ccc(N2CCCCC2)nn1. The van der Waals surface area contributed by atoms with E-state index in [4.69, 9.17) is 9.84 Å². The fourth-order valence-electron chi connectivity index (χ4n) is 4.66. The number of para-hydroxylation sites is 1. The monoisotopic (exact) mass is 418 g/mol. The summed E-state index contributed by atoms with van der Waals surface area (Å²) >= 11 is 0. The number of methoxy groups -OCH3 is 1. The maximum atomic E-state index is 12.6. The minimum Gasteiger partial charge on any atom is -0.496 e. The molecule has 5 rings (SSSR count). The quantitative estimate of drug-likeness (QED) is 0.699. The van der Waals surface area contributed by atoms with Gasteiger partial charge in [0.2, 0.25) is 5.91 Å². The molecular formula is C23H26N6O2. The van der Waals surface area contributed by atoms with Gasteiger partial charge in [-0.25, -0.2) is 0 Å². The fraction of sp³-hybridized carbons (Fsp3) is 0.391. The van der Waals surface area contributed by atoms with Crippen molar-refractivity contribution in [1.29, 1.82) is 0 Å². The van der Waals surface area contributed by atoms with Gasteiger partial charge in [-0.2, -0.15) is 9.78 Å². The van der Waals surface area contributed by atoms with Gasteiger partial charge in [0, 0.05) is 36.6 Å². The van der Waals surface area contributed by atoms with Gasteiger partial charge in [-0.1, -0.05) is 18.2 Å². The number of anilines is 2. The Morgan fingerprint density at radius 3 is 2.52 bits per heavy atom. The van der Waals surface area contributed by atoms with E-state index in [2.05, 4.69) is 20.4 Å². The van der Waals surface area contributed by atoms with Crippen LogP contribution < -0.4 is 15.0 Å². The Labute approximate surface area is 181 Å². The summed E-state index contributed by atoms with van der Waals surface area (Å²) in [6, 6.07) is 11.7. The van der Waals surface area contributed by atoms with E-state index < -0.39 is 0 Å². The molecular weight excluding hydrogens is 392 g/mol. The van der Waals surface area contributed by atoms with E-state index in [1.807, 2.05) is 43.3 Å². The molecule has 2 aliphatic heterocycles. The molecule has 1 atom stereocenters. The van der Waals surface area contributed by atoms with Crippen LogP contribution in [0.15, 0.2) is 36.4 Å². The van der Waals surface area contributed by atoms with E-state index in [-0.39, 0.29) is 11.8 Å². The lowest BCUT2D eigenvalue weighted by molar-refractivity contribution is -0.116. The average Bonchev–Trinajstić information content (AvgIpc) is 3.15. The van der Waals surface area contributed by atoms with Gasteiger partial charge in [-0.15, -0.1) is 10.2 Å². The normalized spacial score (nSPS) is 18.5. The molecule has 0 spiro atoms. The molecule has 0 radical (unpaired) electrons. The third-order valence-electron chi connectivity index (χ3n) is 6.15. The van der Waals surface area contributed by atoms with Crippen LogP contribution in [0, 0.1) is 6.92 Å². The number of nitrogens with one attached hydrogen (secondary N) is 1. The van der Waals surface area contributed by atoms with Crippen molar-refractivity contribution in [3.05, 3.63) is 53.2 Å². The molecule has 2 aromatic heterocycles. The summed E-state index contributed by atoms with van der Waals surface area (Å²) in [5.74, 6) is 2.72. The van der Waals surface area contributed by atoms with Gasteiger partial charge < -0.3 is 15.0 Å². The first kappa shape index (κ1) is 19.5. The molecule has 1 fully saturated rings. The van der Waals surface area contributed by atoms with Gasteiger partial charge in [-0.05, 0) is 44.4 Å². The second kappa shape index (κ2) is 8.02. The largest absolute Gasteiger partial charge is 0.496 e. The summed E-state index contributed by atoms with van der Waals surface area (Å²) in [5.41, 5.74) is 2.83. The number of rotatable bonds is 4. The number of carbonyl (C=O) groups is 1. The summed E-state index contributed by atoms with van der Waals surface area (Å²) in [6.07, 6.45) is 3.99. The molecule has 1 aromatic carbocycles. The van der Waals surface area contributed by atoms with Crippen LogP contribution in [0.25, 0.3) is 5.82 Å². The van der Waals surface area contributed by atoms with Crippen LogP contribution in [0.3, 0.4) is 0 Å². The zero-order valence-electron chi connectivity index (χ0n) is 17.8. The summed E-state index contributed by atoms with van der Waals surface area (Å²) in [5, 5.41) is 16.6. The van der Waals surface area contributed by atoms with E-state index >= 15 is 0 Å². The van der Waals surface area contributed by atoms with Crippen molar-refractivity contribution in [3.8, 4) is 11.6 Å². The molecule has 160 valence electrons. The predicted molar refractivity (Wildman–Crippen MR) is 118 cm³/mol. The summed E-state index contributed by atoms with van der Waals surface area (Å²) in [7, 11) is 1.65. The molecule has 1 saturated heterocycles. The van der Waals surface area contributed by atoms with Crippen LogP contribution in [0.1, 0.15) is 48.4 Å². The minimum atomic E-state index is -0.130. The number of aryl methyl sites for hydroxylation is 1. The Bertz CT molecular complexity index is 1100. The van der Waals surface area contributed by atoms with Crippen molar-refractivity contribution in [3.63, 3.8) is 0 Å². The lowest BCUT2D eigenvalue weighted by Crippen LogP contribution is -2.30. The molecule has 0 bridgehead atoms.